The maximum absolute atomic E-state index is 13.0. The molecule has 1 heterocycles. The maximum atomic E-state index is 13.0. The molecule has 1 fully saturated rings. The number of nitrogens with one attached hydrogen (secondary N) is 1. The van der Waals surface area contributed by atoms with Crippen LogP contribution in [-0.2, 0) is 6.18 Å². The van der Waals surface area contributed by atoms with Crippen molar-refractivity contribution in [2.45, 2.75) is 25.6 Å². The van der Waals surface area contributed by atoms with Crippen molar-refractivity contribution in [3.8, 4) is 0 Å². The lowest BCUT2D eigenvalue weighted by atomic mass is 9.96. The van der Waals surface area contributed by atoms with Crippen LogP contribution in [0.1, 0.15) is 30.5 Å². The smallest absolute Gasteiger partial charge is 0.314 e. The minimum atomic E-state index is -4.36. The minimum Gasteiger partial charge on any atom is -0.314 e. The molecule has 2 rings (SSSR count). The number of halogens is 4. The molecule has 1 atom stereocenters. The zero-order valence-corrected chi connectivity index (χ0v) is 13.3. The molecule has 0 spiro atoms. The van der Waals surface area contributed by atoms with E-state index in [1.54, 1.807) is 0 Å². The van der Waals surface area contributed by atoms with Gasteiger partial charge in [0, 0.05) is 37.2 Å². The lowest BCUT2D eigenvalue weighted by Crippen LogP contribution is -2.45. The van der Waals surface area contributed by atoms with Crippen molar-refractivity contribution in [1.82, 2.24) is 10.2 Å². The molecule has 22 heavy (non-hydrogen) atoms. The van der Waals surface area contributed by atoms with Gasteiger partial charge in [0.25, 0.3) is 0 Å². The van der Waals surface area contributed by atoms with Gasteiger partial charge in [-0.25, -0.2) is 0 Å². The Morgan fingerprint density at radius 3 is 2.55 bits per heavy atom. The third kappa shape index (κ3) is 4.24. The number of hydrogen-bond donors (Lipinski definition) is 1. The number of alkyl halides is 3. The molecule has 2 nitrogen and oxygen atoms in total. The van der Waals surface area contributed by atoms with Gasteiger partial charge >= 0.3 is 6.18 Å². The second-order valence-electron chi connectivity index (χ2n) is 5.70. The Labute approximate surface area is 133 Å². The van der Waals surface area contributed by atoms with Crippen molar-refractivity contribution < 1.29 is 13.2 Å². The zero-order chi connectivity index (χ0) is 16.3. The molecule has 1 N–H and O–H groups in total. The third-order valence-corrected chi connectivity index (χ3v) is 4.16. The van der Waals surface area contributed by atoms with Crippen LogP contribution >= 0.6 is 11.6 Å². The van der Waals surface area contributed by atoms with Crippen LogP contribution in [0.3, 0.4) is 0 Å². The molecule has 0 aromatic heterocycles. The molecule has 1 aromatic carbocycles. The van der Waals surface area contributed by atoms with Gasteiger partial charge in [0.2, 0.25) is 0 Å². The summed E-state index contributed by atoms with van der Waals surface area (Å²) in [5, 5.41) is 3.62. The molecule has 0 amide bonds. The van der Waals surface area contributed by atoms with Crippen LogP contribution in [0.5, 0.6) is 0 Å². The minimum absolute atomic E-state index is 0.172. The summed E-state index contributed by atoms with van der Waals surface area (Å²) in [5.74, 6) is 0. The molecular weight excluding hydrogens is 313 g/mol. The van der Waals surface area contributed by atoms with Gasteiger partial charge < -0.3 is 5.32 Å². The van der Waals surface area contributed by atoms with E-state index in [-0.39, 0.29) is 6.04 Å². The topological polar surface area (TPSA) is 15.3 Å². The van der Waals surface area contributed by atoms with E-state index < -0.39 is 11.7 Å². The van der Waals surface area contributed by atoms with Crippen LogP contribution in [0.15, 0.2) is 30.4 Å². The normalized spacial score (nSPS) is 18.2. The summed E-state index contributed by atoms with van der Waals surface area (Å²) in [4.78, 5) is 2.17. The van der Waals surface area contributed by atoms with Gasteiger partial charge in [-0.2, -0.15) is 13.2 Å². The predicted octanol–water partition coefficient (Wildman–Crippen LogP) is 4.27. The first-order valence-corrected chi connectivity index (χ1v) is 7.62. The first kappa shape index (κ1) is 17.3. The third-order valence-electron chi connectivity index (χ3n) is 3.82. The first-order valence-electron chi connectivity index (χ1n) is 7.25. The van der Waals surface area contributed by atoms with Crippen molar-refractivity contribution in [1.29, 1.82) is 0 Å². The van der Waals surface area contributed by atoms with Gasteiger partial charge in [0.1, 0.15) is 0 Å². The first-order chi connectivity index (χ1) is 10.3. The van der Waals surface area contributed by atoms with Gasteiger partial charge in [-0.05, 0) is 37.1 Å². The van der Waals surface area contributed by atoms with Crippen LogP contribution < -0.4 is 5.32 Å². The highest BCUT2D eigenvalue weighted by molar-refractivity contribution is 6.31. The zero-order valence-electron chi connectivity index (χ0n) is 12.5. The Balaban J connectivity index is 2.39. The summed E-state index contributed by atoms with van der Waals surface area (Å²) in [6, 6.07) is 3.38. The molecule has 0 aliphatic carbocycles. The van der Waals surface area contributed by atoms with Crippen LogP contribution in [-0.4, -0.2) is 31.1 Å². The van der Waals surface area contributed by atoms with Gasteiger partial charge in [0.15, 0.2) is 0 Å². The summed E-state index contributed by atoms with van der Waals surface area (Å²) in [6.07, 6.45) is -3.77. The molecule has 1 saturated heterocycles. The second kappa shape index (κ2) is 7.02. The summed E-state index contributed by atoms with van der Waals surface area (Å²) in [7, 11) is 0. The monoisotopic (exact) mass is 332 g/mol. The Bertz CT molecular complexity index is 537. The maximum Gasteiger partial charge on any atom is 0.416 e. The SMILES string of the molecule is C=C(C)C[C@H](c1cc(C(F)(F)F)ccc1Cl)N1CCNCC1. The fraction of sp³-hybridized carbons (Fsp3) is 0.500. The van der Waals surface area contributed by atoms with Gasteiger partial charge in [-0.15, -0.1) is 6.58 Å². The Hall–Kier alpha value is -1.04. The highest BCUT2D eigenvalue weighted by atomic mass is 35.5. The van der Waals surface area contributed by atoms with E-state index >= 15 is 0 Å². The fourth-order valence-electron chi connectivity index (χ4n) is 2.74. The average Bonchev–Trinajstić information content (AvgIpc) is 2.45. The molecule has 0 radical (unpaired) electrons. The molecule has 1 aliphatic heterocycles. The van der Waals surface area contributed by atoms with Gasteiger partial charge in [-0.1, -0.05) is 17.2 Å². The Morgan fingerprint density at radius 1 is 1.36 bits per heavy atom. The van der Waals surface area contributed by atoms with Crippen molar-refractivity contribution in [2.24, 2.45) is 0 Å². The van der Waals surface area contributed by atoms with E-state index in [1.807, 2.05) is 6.92 Å². The van der Waals surface area contributed by atoms with E-state index in [0.717, 1.165) is 37.8 Å². The molecular formula is C16H20ClF3N2. The molecule has 0 bridgehead atoms. The average molecular weight is 333 g/mol. The van der Waals surface area contributed by atoms with Crippen molar-refractivity contribution in [3.63, 3.8) is 0 Å². The number of piperazine rings is 1. The molecule has 1 aromatic rings. The van der Waals surface area contributed by atoms with E-state index in [4.69, 9.17) is 11.6 Å². The van der Waals surface area contributed by atoms with Crippen LogP contribution in [0, 0.1) is 0 Å². The number of hydrogen-bond acceptors (Lipinski definition) is 2. The molecule has 0 saturated carbocycles. The van der Waals surface area contributed by atoms with Crippen LogP contribution in [0.25, 0.3) is 0 Å². The van der Waals surface area contributed by atoms with Crippen molar-refractivity contribution in [2.75, 3.05) is 26.2 Å². The van der Waals surface area contributed by atoms with Crippen LogP contribution in [0.2, 0.25) is 5.02 Å². The highest BCUT2D eigenvalue weighted by Crippen LogP contribution is 2.37. The van der Waals surface area contributed by atoms with Gasteiger partial charge in [-0.3, -0.25) is 4.90 Å². The summed E-state index contributed by atoms with van der Waals surface area (Å²) in [6.45, 7) is 9.00. The molecule has 122 valence electrons. The largest absolute Gasteiger partial charge is 0.416 e. The quantitative estimate of drug-likeness (QED) is 0.828. The number of benzene rings is 1. The summed E-state index contributed by atoms with van der Waals surface area (Å²) in [5.41, 5.74) is 0.798. The van der Waals surface area contributed by atoms with Crippen molar-refractivity contribution in [3.05, 3.63) is 46.5 Å². The lowest BCUT2D eigenvalue weighted by Gasteiger charge is -2.36. The summed E-state index contributed by atoms with van der Waals surface area (Å²) < 4.78 is 39.0. The van der Waals surface area contributed by atoms with E-state index in [2.05, 4.69) is 16.8 Å². The van der Waals surface area contributed by atoms with Crippen LogP contribution in [0.4, 0.5) is 13.2 Å². The van der Waals surface area contributed by atoms with Crippen molar-refractivity contribution >= 4 is 11.6 Å². The Kier molecular flexibility index (Phi) is 5.53. The van der Waals surface area contributed by atoms with E-state index in [1.165, 1.54) is 12.1 Å². The molecule has 1 aliphatic rings. The second-order valence-corrected chi connectivity index (χ2v) is 6.10. The summed E-state index contributed by atoms with van der Waals surface area (Å²) >= 11 is 6.20. The highest BCUT2D eigenvalue weighted by Gasteiger charge is 2.33. The predicted molar refractivity (Wildman–Crippen MR) is 83.1 cm³/mol. The Morgan fingerprint density at radius 2 is 2.00 bits per heavy atom. The number of rotatable bonds is 4. The lowest BCUT2D eigenvalue weighted by molar-refractivity contribution is -0.137. The van der Waals surface area contributed by atoms with Gasteiger partial charge in [0.05, 0.1) is 5.56 Å². The number of nitrogens with zero attached hydrogens (tertiary/aromatic N) is 1. The molecule has 0 unspecified atom stereocenters. The fourth-order valence-corrected chi connectivity index (χ4v) is 2.98. The van der Waals surface area contributed by atoms with E-state index in [9.17, 15) is 13.2 Å². The standard InChI is InChI=1S/C16H20ClF3N2/c1-11(2)9-15(22-7-5-21-6-8-22)13-10-12(16(18,19)20)3-4-14(13)17/h3-4,10,15,21H,1,5-9H2,2H3/t15-/m1/s1. The molecule has 6 heteroatoms. The van der Waals surface area contributed by atoms with E-state index in [0.29, 0.717) is 17.0 Å².